The molecule has 0 saturated carbocycles. The van der Waals surface area contributed by atoms with Gasteiger partial charge in [-0.2, -0.15) is 5.10 Å². The Bertz CT molecular complexity index is 865. The molecule has 4 atom stereocenters. The van der Waals surface area contributed by atoms with Gasteiger partial charge >= 0.3 is 0 Å². The quantitative estimate of drug-likeness (QED) is 0.739. The number of aromatic nitrogens is 3. The van der Waals surface area contributed by atoms with E-state index in [1.165, 1.54) is 0 Å². The summed E-state index contributed by atoms with van der Waals surface area (Å²) < 4.78 is 8.26. The Hall–Kier alpha value is -2.61. The molecule has 1 spiro atoms. The first kappa shape index (κ1) is 18.4. The minimum Gasteiger partial charge on any atom is -0.369 e. The molecule has 2 bridgehead atoms. The van der Waals surface area contributed by atoms with Crippen molar-refractivity contribution in [1.82, 2.24) is 25.0 Å². The summed E-state index contributed by atoms with van der Waals surface area (Å²) >= 11 is 0. The number of nitrogens with zero attached hydrogens (tertiary/aromatic N) is 3. The van der Waals surface area contributed by atoms with Crippen LogP contribution >= 0.6 is 0 Å². The van der Waals surface area contributed by atoms with Crippen LogP contribution < -0.4 is 5.32 Å². The third-order valence-corrected chi connectivity index (χ3v) is 6.81. The standard InChI is InChI=1S/C21H27N5O3/c27-19(5-2-10-26-11-3-9-24-26)25-13-16-15(18-6-7-21(16,14-25)29-18)12-23-20(28)17-4-1-8-22-17/h1,3-4,8-9,11,15-16,18,22H,2,5-7,10,12-14H2,(H,23,28)/t15-,16+,18+,21+/m0/s1. The van der Waals surface area contributed by atoms with Crippen LogP contribution in [0.3, 0.4) is 0 Å². The van der Waals surface area contributed by atoms with Crippen LogP contribution in [-0.4, -0.2) is 62.8 Å². The fourth-order valence-electron chi connectivity index (χ4n) is 5.41. The van der Waals surface area contributed by atoms with E-state index < -0.39 is 0 Å². The Labute approximate surface area is 169 Å². The van der Waals surface area contributed by atoms with Crippen molar-refractivity contribution >= 4 is 11.8 Å². The smallest absolute Gasteiger partial charge is 0.267 e. The third-order valence-electron chi connectivity index (χ3n) is 6.81. The molecule has 3 fully saturated rings. The topological polar surface area (TPSA) is 92.2 Å². The summed E-state index contributed by atoms with van der Waals surface area (Å²) in [4.78, 5) is 30.0. The van der Waals surface area contributed by atoms with E-state index in [0.717, 1.165) is 32.4 Å². The molecule has 3 saturated heterocycles. The first-order valence-electron chi connectivity index (χ1n) is 10.5. The van der Waals surface area contributed by atoms with E-state index in [1.807, 2.05) is 27.9 Å². The molecule has 0 unspecified atom stereocenters. The number of H-pyrrole nitrogens is 1. The number of fused-ring (bicyclic) bond motifs is 1. The van der Waals surface area contributed by atoms with Gasteiger partial charge in [0, 0.05) is 56.5 Å². The first-order valence-corrected chi connectivity index (χ1v) is 10.5. The summed E-state index contributed by atoms with van der Waals surface area (Å²) in [7, 11) is 0. The lowest BCUT2D eigenvalue weighted by molar-refractivity contribution is -0.131. The second kappa shape index (κ2) is 7.33. The highest BCUT2D eigenvalue weighted by Crippen LogP contribution is 2.54. The van der Waals surface area contributed by atoms with Crippen LogP contribution in [0.4, 0.5) is 0 Å². The summed E-state index contributed by atoms with van der Waals surface area (Å²) in [6.07, 6.45) is 8.96. The molecule has 5 rings (SSSR count). The number of aromatic amines is 1. The lowest BCUT2D eigenvalue weighted by Gasteiger charge is -2.29. The summed E-state index contributed by atoms with van der Waals surface area (Å²) in [6.45, 7) is 2.78. The van der Waals surface area contributed by atoms with Crippen molar-refractivity contribution in [2.75, 3.05) is 19.6 Å². The maximum atomic E-state index is 12.8. The van der Waals surface area contributed by atoms with E-state index in [4.69, 9.17) is 4.74 Å². The Morgan fingerprint density at radius 2 is 2.31 bits per heavy atom. The number of amides is 2. The highest BCUT2D eigenvalue weighted by Gasteiger charge is 2.63. The van der Waals surface area contributed by atoms with Crippen LogP contribution in [0.5, 0.6) is 0 Å². The Balaban J connectivity index is 1.17. The van der Waals surface area contributed by atoms with E-state index >= 15 is 0 Å². The SMILES string of the molecule is O=C(NC[C@H]1[C@H]2CN(C(=O)CCCn3cccn3)C[C@]23CC[C@H]1O3)c1ccc[nH]1. The average Bonchev–Trinajstić information content (AvgIpc) is 3.52. The van der Waals surface area contributed by atoms with Gasteiger partial charge in [0.05, 0.1) is 18.2 Å². The highest BCUT2D eigenvalue weighted by atomic mass is 16.5. The van der Waals surface area contributed by atoms with Crippen molar-refractivity contribution in [2.24, 2.45) is 11.8 Å². The molecule has 2 amide bonds. The monoisotopic (exact) mass is 397 g/mol. The Kier molecular flexibility index (Phi) is 4.66. The molecular weight excluding hydrogens is 370 g/mol. The van der Waals surface area contributed by atoms with Crippen LogP contribution in [0.15, 0.2) is 36.8 Å². The molecule has 154 valence electrons. The van der Waals surface area contributed by atoms with Crippen molar-refractivity contribution in [3.8, 4) is 0 Å². The van der Waals surface area contributed by atoms with E-state index in [0.29, 0.717) is 31.1 Å². The molecule has 8 heteroatoms. The van der Waals surface area contributed by atoms with Gasteiger partial charge in [-0.1, -0.05) is 0 Å². The summed E-state index contributed by atoms with van der Waals surface area (Å²) in [6, 6.07) is 5.48. The van der Waals surface area contributed by atoms with Crippen LogP contribution in [0.2, 0.25) is 0 Å². The van der Waals surface area contributed by atoms with Crippen LogP contribution in [0, 0.1) is 11.8 Å². The van der Waals surface area contributed by atoms with Crippen molar-refractivity contribution in [1.29, 1.82) is 0 Å². The van der Waals surface area contributed by atoms with E-state index in [2.05, 4.69) is 15.4 Å². The van der Waals surface area contributed by atoms with Crippen LogP contribution in [-0.2, 0) is 16.1 Å². The molecule has 5 heterocycles. The number of carbonyl (C=O) groups excluding carboxylic acids is 2. The van der Waals surface area contributed by atoms with Crippen LogP contribution in [0.25, 0.3) is 0 Å². The van der Waals surface area contributed by atoms with Gasteiger partial charge in [-0.15, -0.1) is 0 Å². The number of likely N-dealkylation sites (tertiary alicyclic amines) is 1. The molecule has 2 aromatic heterocycles. The van der Waals surface area contributed by atoms with Crippen molar-refractivity contribution < 1.29 is 14.3 Å². The van der Waals surface area contributed by atoms with Crippen molar-refractivity contribution in [3.63, 3.8) is 0 Å². The van der Waals surface area contributed by atoms with Gasteiger partial charge in [-0.05, 0) is 37.5 Å². The van der Waals surface area contributed by atoms with Gasteiger partial charge in [0.25, 0.3) is 5.91 Å². The predicted molar refractivity (Wildman–Crippen MR) is 105 cm³/mol. The average molecular weight is 397 g/mol. The second-order valence-electron chi connectivity index (χ2n) is 8.47. The summed E-state index contributed by atoms with van der Waals surface area (Å²) in [5, 5.41) is 7.24. The lowest BCUT2D eigenvalue weighted by Crippen LogP contribution is -2.42. The van der Waals surface area contributed by atoms with Crippen molar-refractivity contribution in [3.05, 3.63) is 42.5 Å². The van der Waals surface area contributed by atoms with Crippen molar-refractivity contribution in [2.45, 2.75) is 43.9 Å². The lowest BCUT2D eigenvalue weighted by atomic mass is 9.73. The molecule has 2 N–H and O–H groups in total. The van der Waals surface area contributed by atoms with Gasteiger partial charge < -0.3 is 19.9 Å². The number of aryl methyl sites for hydroxylation is 1. The predicted octanol–water partition coefficient (Wildman–Crippen LogP) is 1.43. The number of hydrogen-bond donors (Lipinski definition) is 2. The fraction of sp³-hybridized carbons (Fsp3) is 0.571. The van der Waals surface area contributed by atoms with Gasteiger partial charge in [0.1, 0.15) is 5.69 Å². The first-order chi connectivity index (χ1) is 14.1. The largest absolute Gasteiger partial charge is 0.369 e. The minimum absolute atomic E-state index is 0.0867. The zero-order chi connectivity index (χ0) is 19.8. The third kappa shape index (κ3) is 3.35. The van der Waals surface area contributed by atoms with E-state index in [-0.39, 0.29) is 29.4 Å². The molecule has 0 aliphatic carbocycles. The number of carbonyl (C=O) groups is 2. The van der Waals surface area contributed by atoms with Gasteiger partial charge in [0.2, 0.25) is 5.91 Å². The molecule has 29 heavy (non-hydrogen) atoms. The minimum atomic E-state index is -0.204. The van der Waals surface area contributed by atoms with Gasteiger partial charge in [-0.25, -0.2) is 0 Å². The molecule has 0 radical (unpaired) electrons. The summed E-state index contributed by atoms with van der Waals surface area (Å²) in [5.41, 5.74) is 0.369. The Morgan fingerprint density at radius 3 is 3.10 bits per heavy atom. The maximum Gasteiger partial charge on any atom is 0.267 e. The molecular formula is C21H27N5O3. The fourth-order valence-corrected chi connectivity index (χ4v) is 5.41. The van der Waals surface area contributed by atoms with Gasteiger partial charge in [0.15, 0.2) is 0 Å². The zero-order valence-corrected chi connectivity index (χ0v) is 16.4. The number of nitrogens with one attached hydrogen (secondary N) is 2. The molecule has 0 aromatic carbocycles. The van der Waals surface area contributed by atoms with Gasteiger partial charge in [-0.3, -0.25) is 14.3 Å². The normalized spacial score (nSPS) is 29.9. The Morgan fingerprint density at radius 1 is 1.38 bits per heavy atom. The maximum absolute atomic E-state index is 12.8. The zero-order valence-electron chi connectivity index (χ0n) is 16.4. The van der Waals surface area contributed by atoms with E-state index in [1.54, 1.807) is 18.5 Å². The number of hydrogen-bond acceptors (Lipinski definition) is 4. The summed E-state index contributed by atoms with van der Waals surface area (Å²) in [5.74, 6) is 0.684. The molecule has 2 aromatic rings. The number of rotatable bonds is 7. The number of ether oxygens (including phenoxy) is 1. The molecule has 3 aliphatic heterocycles. The molecule has 3 aliphatic rings. The van der Waals surface area contributed by atoms with E-state index in [9.17, 15) is 9.59 Å². The second-order valence-corrected chi connectivity index (χ2v) is 8.47. The highest BCUT2D eigenvalue weighted by molar-refractivity contribution is 5.92. The molecule has 8 nitrogen and oxygen atoms in total. The van der Waals surface area contributed by atoms with Crippen LogP contribution in [0.1, 0.15) is 36.2 Å².